The molecule has 5 amide bonds. The first kappa shape index (κ1) is 56.6. The number of sulfonamides is 1. The minimum atomic E-state index is -4.00. The third-order valence-corrected chi connectivity index (χ3v) is 13.8. The fourth-order valence-corrected chi connectivity index (χ4v) is 10.2. The Morgan fingerprint density at radius 1 is 0.707 bits per heavy atom. The van der Waals surface area contributed by atoms with Gasteiger partial charge in [0.25, 0.3) is 0 Å². The zero-order valence-corrected chi connectivity index (χ0v) is 43.9. The van der Waals surface area contributed by atoms with E-state index in [1.54, 1.807) is 84.0 Å². The Balaban J connectivity index is 1.12. The van der Waals surface area contributed by atoms with Crippen molar-refractivity contribution in [3.63, 3.8) is 0 Å². The summed E-state index contributed by atoms with van der Waals surface area (Å²) in [6, 6.07) is 26.6. The van der Waals surface area contributed by atoms with Gasteiger partial charge in [-0.25, -0.2) is 27.6 Å². The third-order valence-electron chi connectivity index (χ3n) is 11.9. The highest BCUT2D eigenvalue weighted by molar-refractivity contribution is 7.89. The molecule has 5 N–H and O–H groups in total. The van der Waals surface area contributed by atoms with E-state index in [2.05, 4.69) is 31.6 Å². The van der Waals surface area contributed by atoms with E-state index in [1.165, 1.54) is 19.2 Å². The summed E-state index contributed by atoms with van der Waals surface area (Å²) in [6.45, 7) is 9.24. The van der Waals surface area contributed by atoms with Crippen LogP contribution in [0.1, 0.15) is 89.0 Å². The molecule has 1 heterocycles. The lowest BCUT2D eigenvalue weighted by molar-refractivity contribution is -0.145. The van der Waals surface area contributed by atoms with Crippen molar-refractivity contribution in [1.82, 2.24) is 30.9 Å². The number of ether oxygens (including phenoxy) is 4. The lowest BCUT2D eigenvalue weighted by atomic mass is 9.98. The Morgan fingerprint density at radius 2 is 1.27 bits per heavy atom. The normalized spacial score (nSPS) is 15.2. The Hall–Kier alpha value is -7.65. The minimum absolute atomic E-state index is 0.00911. The molecule has 1 aliphatic heterocycles. The topological polar surface area (TPSA) is 266 Å². The minimum Gasteiger partial charge on any atom is -0.467 e. The van der Waals surface area contributed by atoms with Gasteiger partial charge in [-0.15, -0.1) is 0 Å². The number of nitrogens with one attached hydrogen (secondary N) is 5. The number of alkyl carbamates (subject to hydrolysis) is 3. The van der Waals surface area contributed by atoms with Crippen LogP contribution in [0.5, 0.6) is 0 Å². The summed E-state index contributed by atoms with van der Waals surface area (Å²) < 4.78 is 49.3. The van der Waals surface area contributed by atoms with Gasteiger partial charge in [0.1, 0.15) is 36.4 Å². The van der Waals surface area contributed by atoms with Gasteiger partial charge in [0.15, 0.2) is 5.78 Å². The number of hydrogen-bond donors (Lipinski definition) is 5. The van der Waals surface area contributed by atoms with Crippen LogP contribution in [-0.4, -0.2) is 123 Å². The number of esters is 1. The maximum absolute atomic E-state index is 14.1. The molecule has 4 aromatic rings. The lowest BCUT2D eigenvalue weighted by Gasteiger charge is -2.25. The van der Waals surface area contributed by atoms with Gasteiger partial charge in [-0.05, 0) is 106 Å². The van der Waals surface area contributed by atoms with Gasteiger partial charge in [-0.2, -0.15) is 4.31 Å². The highest BCUT2D eigenvalue weighted by Gasteiger charge is 2.41. The average molecular weight is 1050 g/mol. The lowest BCUT2D eigenvalue weighted by Crippen LogP contribution is -2.51. The van der Waals surface area contributed by atoms with E-state index in [0.717, 1.165) is 26.6 Å². The maximum atomic E-state index is 14.1. The van der Waals surface area contributed by atoms with E-state index in [4.69, 9.17) is 18.9 Å². The van der Waals surface area contributed by atoms with Gasteiger partial charge in [0, 0.05) is 31.8 Å². The Kier molecular flexibility index (Phi) is 18.9. The van der Waals surface area contributed by atoms with E-state index < -0.39 is 87.7 Å². The predicted molar refractivity (Wildman–Crippen MR) is 277 cm³/mol. The van der Waals surface area contributed by atoms with E-state index in [9.17, 15) is 42.0 Å². The second kappa shape index (κ2) is 25.1. The van der Waals surface area contributed by atoms with Crippen LogP contribution in [0.25, 0.3) is 11.1 Å². The third kappa shape index (κ3) is 16.2. The highest BCUT2D eigenvalue weighted by atomic mass is 32.2. The fraction of sp³-hybridized carbons (Fsp3) is 0.407. The second-order valence-corrected chi connectivity index (χ2v) is 21.8. The summed E-state index contributed by atoms with van der Waals surface area (Å²) in [6.07, 6.45) is -2.41. The Labute approximate surface area is 436 Å². The van der Waals surface area contributed by atoms with Crippen molar-refractivity contribution in [1.29, 1.82) is 0 Å². The number of aliphatic imine (C=N–C) groups is 1. The van der Waals surface area contributed by atoms with Crippen LogP contribution < -0.4 is 26.6 Å². The first-order valence-corrected chi connectivity index (χ1v) is 25.9. The number of rotatable bonds is 18. The number of fused-ring (bicyclic) bond motifs is 3. The van der Waals surface area contributed by atoms with Crippen molar-refractivity contribution in [2.24, 2.45) is 4.99 Å². The van der Waals surface area contributed by atoms with Crippen LogP contribution in [0, 0.1) is 0 Å². The molecular formula is C54H65N7O13S. The van der Waals surface area contributed by atoms with Crippen molar-refractivity contribution in [3.8, 4) is 11.1 Å². The molecule has 1 saturated heterocycles. The monoisotopic (exact) mass is 1050 g/mol. The molecule has 6 rings (SSSR count). The SMILES string of the molecule is COC(=O)[C@H](Cc1ccc(CC(=O)[C@@H](CCN=C(NC(=O)OC(C)(C)C)NC(=O)OC(C)(C)C)NC(=O)CNC(=O)OCC2c3ccccc3-c3ccccc32)cc1)NC(=O)[C@@H]1CCCN1S(=O)(=O)c1ccccc1. The Morgan fingerprint density at radius 3 is 1.84 bits per heavy atom. The summed E-state index contributed by atoms with van der Waals surface area (Å²) in [5.41, 5.74) is 3.39. The quantitative estimate of drug-likeness (QED) is 0.0349. The molecule has 0 unspecified atom stereocenters. The molecule has 3 atom stereocenters. The molecule has 21 heteroatoms. The van der Waals surface area contributed by atoms with Crippen molar-refractivity contribution >= 4 is 57.8 Å². The number of Topliss-reactive ketones (excluding diaryl/α,β-unsaturated/α-hetero) is 1. The molecule has 20 nitrogen and oxygen atoms in total. The van der Waals surface area contributed by atoms with Gasteiger partial charge in [-0.3, -0.25) is 30.0 Å². The van der Waals surface area contributed by atoms with Gasteiger partial charge < -0.3 is 34.9 Å². The van der Waals surface area contributed by atoms with Gasteiger partial charge in [0.2, 0.25) is 27.8 Å². The molecule has 400 valence electrons. The number of benzene rings is 4. The van der Waals surface area contributed by atoms with Crippen molar-refractivity contribution < 1.29 is 60.9 Å². The first-order valence-electron chi connectivity index (χ1n) is 24.5. The second-order valence-electron chi connectivity index (χ2n) is 19.9. The van der Waals surface area contributed by atoms with Crippen molar-refractivity contribution in [3.05, 3.63) is 125 Å². The zero-order chi connectivity index (χ0) is 54.5. The molecule has 2 aliphatic rings. The molecule has 0 bridgehead atoms. The molecule has 0 spiro atoms. The van der Waals surface area contributed by atoms with Crippen LogP contribution in [0.4, 0.5) is 14.4 Å². The molecule has 0 radical (unpaired) electrons. The largest absolute Gasteiger partial charge is 0.467 e. The molecule has 4 aromatic carbocycles. The van der Waals surface area contributed by atoms with Crippen molar-refractivity contribution in [2.45, 2.75) is 114 Å². The first-order chi connectivity index (χ1) is 35.5. The number of methoxy groups -OCH3 is 1. The number of amides is 5. The number of carbonyl (C=O) groups is 7. The summed E-state index contributed by atoms with van der Waals surface area (Å²) in [5, 5.41) is 12.6. The number of hydrogen-bond acceptors (Lipinski definition) is 14. The van der Waals surface area contributed by atoms with Crippen LogP contribution in [-0.2, 0) is 61.0 Å². The van der Waals surface area contributed by atoms with Crippen LogP contribution >= 0.6 is 0 Å². The number of nitrogens with zero attached hydrogens (tertiary/aromatic N) is 2. The number of carbonyl (C=O) groups excluding carboxylic acids is 7. The fourth-order valence-electron chi connectivity index (χ4n) is 8.55. The summed E-state index contributed by atoms with van der Waals surface area (Å²) in [7, 11) is -2.83. The van der Waals surface area contributed by atoms with Crippen LogP contribution in [0.2, 0.25) is 0 Å². The van der Waals surface area contributed by atoms with Crippen LogP contribution in [0.3, 0.4) is 0 Å². The van der Waals surface area contributed by atoms with Gasteiger partial charge >= 0.3 is 24.2 Å². The zero-order valence-electron chi connectivity index (χ0n) is 43.1. The van der Waals surface area contributed by atoms with Gasteiger partial charge in [0.05, 0.1) is 18.0 Å². The van der Waals surface area contributed by atoms with E-state index >= 15 is 0 Å². The standard InChI is InChI=1S/C54H65N7O13S/c1-53(2,3)73-51(67)59-49(60-52(68)74-54(4,5)6)55-28-27-42(57-46(63)32-56-50(66)72-33-41-39-20-13-11-18-37(39)38-19-12-14-21-40(38)41)45(62)31-35-25-23-34(24-26-35)30-43(48(65)71-7)58-47(64)44-22-15-29-61(44)75(69,70)36-16-9-8-10-17-36/h8-14,16-21,23-26,41-44H,15,22,27-33H2,1-7H3,(H,56,66)(H,57,63)(H,58,64)(H2,55,59,60,67,68)/t42-,43+,44+/m1/s1. The summed E-state index contributed by atoms with van der Waals surface area (Å²) in [5.74, 6) is -3.16. The van der Waals surface area contributed by atoms with E-state index in [-0.39, 0.29) is 62.2 Å². The summed E-state index contributed by atoms with van der Waals surface area (Å²) in [4.78, 5) is 97.0. The smallest absolute Gasteiger partial charge is 0.414 e. The molecule has 1 aliphatic carbocycles. The molecule has 0 aromatic heterocycles. The van der Waals surface area contributed by atoms with Crippen LogP contribution in [0.15, 0.2) is 113 Å². The molecule has 1 fully saturated rings. The highest BCUT2D eigenvalue weighted by Crippen LogP contribution is 2.44. The van der Waals surface area contributed by atoms with Gasteiger partial charge in [-0.1, -0.05) is 91.0 Å². The van der Waals surface area contributed by atoms with Crippen molar-refractivity contribution in [2.75, 3.05) is 33.4 Å². The van der Waals surface area contributed by atoms with E-state index in [1.807, 2.05) is 48.5 Å². The Bertz CT molecular complexity index is 2790. The molecular weight excluding hydrogens is 987 g/mol. The maximum Gasteiger partial charge on any atom is 0.414 e. The predicted octanol–water partition coefficient (Wildman–Crippen LogP) is 5.67. The summed E-state index contributed by atoms with van der Waals surface area (Å²) >= 11 is 0. The molecule has 75 heavy (non-hydrogen) atoms. The molecule has 0 saturated carbocycles. The number of ketones is 1. The average Bonchev–Trinajstić information content (AvgIpc) is 3.98. The van der Waals surface area contributed by atoms with E-state index in [0.29, 0.717) is 17.5 Å². The number of guanidine groups is 1.